The average Bonchev–Trinajstić information content (AvgIpc) is 2.46. The van der Waals surface area contributed by atoms with Crippen LogP contribution in [-0.2, 0) is 19.6 Å². The lowest BCUT2D eigenvalue weighted by Gasteiger charge is -2.35. The number of hydrogen-bond acceptors (Lipinski definition) is 5. The lowest BCUT2D eigenvalue weighted by Crippen LogP contribution is -2.65. The van der Waals surface area contributed by atoms with Crippen LogP contribution in [0.2, 0.25) is 0 Å². The van der Waals surface area contributed by atoms with Gasteiger partial charge in [0.25, 0.3) is 10.1 Å². The van der Waals surface area contributed by atoms with E-state index in [-0.39, 0.29) is 17.8 Å². The van der Waals surface area contributed by atoms with E-state index in [4.69, 9.17) is 9.29 Å². The van der Waals surface area contributed by atoms with Gasteiger partial charge in [0.05, 0.1) is 24.4 Å². The third kappa shape index (κ3) is 4.60. The standard InChI is InChI=1S/C12H18N2O5S.H2O/c15-11(14-6-8-19-9-7-14)12(1-4-13-5-2-12)3-10-20(16,17)18;/h1,4-5H,2-3,6-10H2,(H,16,17,18);1H2. The maximum absolute atomic E-state index is 12.7. The van der Waals surface area contributed by atoms with Crippen LogP contribution >= 0.6 is 0 Å². The number of carbonyl (C=O) groups is 1. The molecular weight excluding hydrogens is 300 g/mol. The maximum atomic E-state index is 12.7. The van der Waals surface area contributed by atoms with Crippen LogP contribution in [0.15, 0.2) is 12.3 Å². The summed E-state index contributed by atoms with van der Waals surface area (Å²) in [5, 5.41) is 0. The van der Waals surface area contributed by atoms with Gasteiger partial charge in [-0.15, -0.1) is 0 Å². The Balaban J connectivity index is 0.00000220. The molecule has 1 unspecified atom stereocenters. The Morgan fingerprint density at radius 3 is 2.57 bits per heavy atom. The largest absolute Gasteiger partial charge is 0.870 e. The van der Waals surface area contributed by atoms with Gasteiger partial charge in [-0.05, 0) is 12.5 Å². The molecule has 2 aliphatic heterocycles. The fourth-order valence-corrected chi connectivity index (χ4v) is 3.05. The Hall–Kier alpha value is -1.29. The van der Waals surface area contributed by atoms with Crippen molar-refractivity contribution in [3.63, 3.8) is 0 Å². The van der Waals surface area contributed by atoms with Crippen LogP contribution in [0, 0.1) is 5.41 Å². The smallest absolute Gasteiger partial charge is 0.264 e. The van der Waals surface area contributed by atoms with Gasteiger partial charge in [-0.2, -0.15) is 8.42 Å². The summed E-state index contributed by atoms with van der Waals surface area (Å²) < 4.78 is 36.1. The summed E-state index contributed by atoms with van der Waals surface area (Å²) in [5.74, 6) is -0.542. The quantitative estimate of drug-likeness (QED) is 0.577. The van der Waals surface area contributed by atoms with Crippen LogP contribution in [0.1, 0.15) is 12.8 Å². The van der Waals surface area contributed by atoms with Crippen molar-refractivity contribution in [3.05, 3.63) is 12.3 Å². The molecule has 3 N–H and O–H groups in total. The van der Waals surface area contributed by atoms with Crippen molar-refractivity contribution in [3.8, 4) is 0 Å². The van der Waals surface area contributed by atoms with Crippen LogP contribution < -0.4 is 4.99 Å². The molecule has 0 saturated carbocycles. The highest BCUT2D eigenvalue weighted by Gasteiger charge is 2.41. The van der Waals surface area contributed by atoms with Crippen molar-refractivity contribution in [1.82, 2.24) is 4.90 Å². The molecule has 0 aromatic heterocycles. The number of nitrogens with zero attached hydrogens (tertiary/aromatic N) is 1. The molecule has 0 spiro atoms. The first kappa shape index (κ1) is 17.8. The zero-order valence-corrected chi connectivity index (χ0v) is 12.4. The van der Waals surface area contributed by atoms with E-state index in [0.717, 1.165) is 0 Å². The van der Waals surface area contributed by atoms with E-state index >= 15 is 0 Å². The topological polar surface area (TPSA) is 128 Å². The summed E-state index contributed by atoms with van der Waals surface area (Å²) in [5.41, 5.74) is -0.904. The average molecular weight is 320 g/mol. The van der Waals surface area contributed by atoms with Gasteiger partial charge in [0.2, 0.25) is 5.91 Å². The van der Waals surface area contributed by atoms with E-state index in [1.54, 1.807) is 23.4 Å². The summed E-state index contributed by atoms with van der Waals surface area (Å²) in [7, 11) is -4.09. The summed E-state index contributed by atoms with van der Waals surface area (Å²) in [6.45, 7) is 2.00. The second kappa shape index (κ2) is 7.12. The molecule has 1 saturated heterocycles. The third-order valence-corrected chi connectivity index (χ3v) is 4.33. The summed E-state index contributed by atoms with van der Waals surface area (Å²) in [4.78, 5) is 17.3. The Kier molecular flexibility index (Phi) is 6.02. The first-order chi connectivity index (χ1) is 9.43. The summed E-state index contributed by atoms with van der Waals surface area (Å²) >= 11 is 0. The first-order valence-corrected chi connectivity index (χ1v) is 8.12. The van der Waals surface area contributed by atoms with Gasteiger partial charge in [0, 0.05) is 19.5 Å². The molecule has 1 amide bonds. The van der Waals surface area contributed by atoms with E-state index in [2.05, 4.69) is 4.99 Å². The van der Waals surface area contributed by atoms with E-state index in [1.807, 2.05) is 0 Å². The van der Waals surface area contributed by atoms with Crippen LogP contribution in [0.25, 0.3) is 0 Å². The molecule has 1 fully saturated rings. The minimum Gasteiger partial charge on any atom is -0.870 e. The van der Waals surface area contributed by atoms with Crippen LogP contribution in [0.3, 0.4) is 0 Å². The highest BCUT2D eigenvalue weighted by atomic mass is 32.2. The molecule has 1 atom stereocenters. The fraction of sp³-hybridized carbons (Fsp3) is 0.667. The number of ether oxygens (including phenoxy) is 1. The van der Waals surface area contributed by atoms with Crippen molar-refractivity contribution in [2.75, 3.05) is 32.1 Å². The molecule has 2 heterocycles. The zero-order chi connectivity index (χ0) is 14.6. The summed E-state index contributed by atoms with van der Waals surface area (Å²) in [6.07, 6.45) is 5.51. The van der Waals surface area contributed by atoms with Gasteiger partial charge < -0.3 is 15.1 Å². The van der Waals surface area contributed by atoms with Crippen molar-refractivity contribution < 1.29 is 33.0 Å². The SMILES string of the molecule is O=C(N1CCOCC1)C1(CCS(=O)(=O)O)C=C[NH+]=CC1.[OH-]. The molecular formula is C12H20N2O6S. The lowest BCUT2D eigenvalue weighted by atomic mass is 9.79. The Morgan fingerprint density at radius 1 is 1.38 bits per heavy atom. The highest BCUT2D eigenvalue weighted by Crippen LogP contribution is 2.31. The van der Waals surface area contributed by atoms with Gasteiger partial charge in [-0.1, -0.05) is 0 Å². The van der Waals surface area contributed by atoms with Crippen molar-refractivity contribution >= 4 is 22.2 Å². The van der Waals surface area contributed by atoms with Gasteiger partial charge in [-0.25, -0.2) is 4.99 Å². The number of nitrogens with one attached hydrogen (secondary N) is 1. The number of hydrogen-bond donors (Lipinski definition) is 2. The molecule has 8 nitrogen and oxygen atoms in total. The molecule has 21 heavy (non-hydrogen) atoms. The molecule has 0 aromatic carbocycles. The minimum atomic E-state index is -4.09. The zero-order valence-electron chi connectivity index (χ0n) is 11.6. The van der Waals surface area contributed by atoms with Gasteiger partial charge >= 0.3 is 0 Å². The minimum absolute atomic E-state index is 0. The monoisotopic (exact) mass is 320 g/mol. The Morgan fingerprint density at radius 2 is 2.05 bits per heavy atom. The first-order valence-electron chi connectivity index (χ1n) is 6.51. The van der Waals surface area contributed by atoms with E-state index in [0.29, 0.717) is 32.7 Å². The van der Waals surface area contributed by atoms with Gasteiger partial charge in [0.1, 0.15) is 6.21 Å². The Bertz CT molecular complexity index is 524. The molecule has 120 valence electrons. The maximum Gasteiger partial charge on any atom is 0.264 e. The predicted octanol–water partition coefficient (Wildman–Crippen LogP) is -2.00. The second-order valence-corrected chi connectivity index (χ2v) is 6.58. The summed E-state index contributed by atoms with van der Waals surface area (Å²) in [6, 6.07) is 0. The van der Waals surface area contributed by atoms with Crippen LogP contribution in [0.5, 0.6) is 0 Å². The molecule has 2 aliphatic rings. The number of carbonyl (C=O) groups excluding carboxylic acids is 1. The van der Waals surface area contributed by atoms with Gasteiger partial charge in [0.15, 0.2) is 6.20 Å². The fourth-order valence-electron chi connectivity index (χ4n) is 2.43. The van der Waals surface area contributed by atoms with Crippen molar-refractivity contribution in [2.45, 2.75) is 12.8 Å². The molecule has 0 radical (unpaired) electrons. The number of rotatable bonds is 4. The molecule has 2 rings (SSSR count). The van der Waals surface area contributed by atoms with Crippen LogP contribution in [0.4, 0.5) is 0 Å². The number of morpholine rings is 1. The van der Waals surface area contributed by atoms with Crippen molar-refractivity contribution in [1.29, 1.82) is 0 Å². The lowest BCUT2D eigenvalue weighted by molar-refractivity contribution is -0.372. The molecule has 0 aromatic rings. The Labute approximate surface area is 123 Å². The normalized spacial score (nSPS) is 25.5. The van der Waals surface area contributed by atoms with Gasteiger partial charge in [-0.3, -0.25) is 9.35 Å². The third-order valence-electron chi connectivity index (χ3n) is 3.61. The van der Waals surface area contributed by atoms with Crippen molar-refractivity contribution in [2.24, 2.45) is 5.41 Å². The highest BCUT2D eigenvalue weighted by molar-refractivity contribution is 7.85. The van der Waals surface area contributed by atoms with E-state index < -0.39 is 21.3 Å². The molecule has 0 bridgehead atoms. The molecule has 0 aliphatic carbocycles. The van der Waals surface area contributed by atoms with E-state index in [9.17, 15) is 13.2 Å². The van der Waals surface area contributed by atoms with Crippen LogP contribution in [-0.4, -0.2) is 67.5 Å². The number of amides is 1. The molecule has 9 heteroatoms. The predicted molar refractivity (Wildman–Crippen MR) is 73.6 cm³/mol. The van der Waals surface area contributed by atoms with E-state index in [1.165, 1.54) is 0 Å². The second-order valence-electron chi connectivity index (χ2n) is 5.00.